The van der Waals surface area contributed by atoms with E-state index in [-0.39, 0.29) is 57.0 Å². The number of ether oxygens (including phenoxy) is 1. The lowest BCUT2D eigenvalue weighted by atomic mass is 9.48. The van der Waals surface area contributed by atoms with E-state index < -0.39 is 27.7 Å². The first kappa shape index (κ1) is 30.6. The van der Waals surface area contributed by atoms with Gasteiger partial charge in [0.15, 0.2) is 22.4 Å². The van der Waals surface area contributed by atoms with Crippen LogP contribution in [-0.4, -0.2) is 52.6 Å². The van der Waals surface area contributed by atoms with Crippen LogP contribution in [0.5, 0.6) is 0 Å². The monoisotopic (exact) mass is 564 g/mol. The van der Waals surface area contributed by atoms with E-state index in [9.17, 15) is 4.79 Å². The van der Waals surface area contributed by atoms with Gasteiger partial charge in [-0.05, 0) is 67.4 Å². The molecule has 38 heavy (non-hydrogen) atoms. The molecule has 0 radical (unpaired) electrons. The zero-order chi connectivity index (χ0) is 28.9. The lowest BCUT2D eigenvalue weighted by Gasteiger charge is -2.58. The number of ketones is 2. The van der Waals surface area contributed by atoms with Crippen LogP contribution in [0.15, 0.2) is 0 Å². The highest BCUT2D eigenvalue weighted by Crippen LogP contribution is 2.67. The second-order valence-electron chi connectivity index (χ2n) is 16.9. The quantitative estimate of drug-likeness (QED) is 0.323. The van der Waals surface area contributed by atoms with E-state index in [1.54, 1.807) is 0 Å². The molecule has 7 heteroatoms. The molecule has 0 aromatic heterocycles. The molecule has 0 unspecified atom stereocenters. The number of hydrogen-bond acceptors (Lipinski definition) is 5. The van der Waals surface area contributed by atoms with E-state index >= 15 is 4.79 Å². The summed E-state index contributed by atoms with van der Waals surface area (Å²) >= 11 is 0. The number of rotatable bonds is 5. The first-order chi connectivity index (χ1) is 17.0. The summed E-state index contributed by atoms with van der Waals surface area (Å²) in [5, 5.41) is 0.164. The number of carbonyl (C=O) groups is 2. The highest BCUT2D eigenvalue weighted by molar-refractivity contribution is 6.74. The largest absolute Gasteiger partial charge is 0.416 e. The van der Waals surface area contributed by atoms with E-state index in [0.29, 0.717) is 25.9 Å². The third-order valence-corrected chi connectivity index (χ3v) is 21.3. The smallest absolute Gasteiger partial charge is 0.192 e. The topological polar surface area (TPSA) is 61.8 Å². The van der Waals surface area contributed by atoms with Crippen LogP contribution in [0, 0.1) is 28.6 Å². The minimum absolute atomic E-state index is 0.0244. The van der Waals surface area contributed by atoms with E-state index in [1.807, 2.05) is 0 Å². The van der Waals surface area contributed by atoms with E-state index in [1.165, 1.54) is 0 Å². The Bertz CT molecular complexity index is 974. The van der Waals surface area contributed by atoms with Crippen LogP contribution in [0.4, 0.5) is 0 Å². The molecule has 0 aromatic rings. The Hall–Kier alpha value is -0.346. The van der Waals surface area contributed by atoms with E-state index in [2.05, 4.69) is 88.5 Å². The summed E-state index contributed by atoms with van der Waals surface area (Å²) in [6.45, 7) is 29.9. The van der Waals surface area contributed by atoms with Gasteiger partial charge < -0.3 is 13.6 Å². The fraction of sp³-hybridized carbons (Fsp3) is 0.935. The van der Waals surface area contributed by atoms with Gasteiger partial charge in [0.05, 0.1) is 12.2 Å². The number of hydrogen-bond donors (Lipinski definition) is 0. The molecule has 2 aliphatic carbocycles. The van der Waals surface area contributed by atoms with Crippen LogP contribution in [0.2, 0.25) is 36.3 Å². The third kappa shape index (κ3) is 4.31. The highest BCUT2D eigenvalue weighted by Gasteiger charge is 2.75. The second kappa shape index (κ2) is 9.08. The molecule has 4 aliphatic rings. The Kier molecular flexibility index (Phi) is 7.31. The number of fused-ring (bicyclic) bond motifs is 4. The van der Waals surface area contributed by atoms with Crippen molar-refractivity contribution in [3.63, 3.8) is 0 Å². The van der Waals surface area contributed by atoms with E-state index in [0.717, 1.165) is 12.8 Å². The van der Waals surface area contributed by atoms with Gasteiger partial charge in [0.2, 0.25) is 0 Å². The average Bonchev–Trinajstić information content (AvgIpc) is 3.04. The van der Waals surface area contributed by atoms with Gasteiger partial charge >= 0.3 is 0 Å². The van der Waals surface area contributed by atoms with Crippen molar-refractivity contribution in [2.45, 2.75) is 148 Å². The molecular formula is C31H56O5Si2. The Labute approximate surface area is 234 Å². The van der Waals surface area contributed by atoms with Crippen LogP contribution in [0.25, 0.3) is 0 Å². The lowest BCUT2D eigenvalue weighted by molar-refractivity contribution is -0.193. The van der Waals surface area contributed by atoms with Crippen molar-refractivity contribution in [3.05, 3.63) is 0 Å². The van der Waals surface area contributed by atoms with Gasteiger partial charge in [0, 0.05) is 36.2 Å². The van der Waals surface area contributed by atoms with Crippen molar-refractivity contribution in [2.24, 2.45) is 28.6 Å². The normalized spacial score (nSPS) is 39.7. The van der Waals surface area contributed by atoms with Gasteiger partial charge in [-0.1, -0.05) is 62.3 Å². The summed E-state index contributed by atoms with van der Waals surface area (Å²) in [6, 6.07) is 0. The molecule has 2 aliphatic heterocycles. The molecule has 7 atom stereocenters. The van der Waals surface area contributed by atoms with Crippen LogP contribution in [0.1, 0.15) is 94.4 Å². The summed E-state index contributed by atoms with van der Waals surface area (Å²) in [7, 11) is -4.13. The Morgan fingerprint density at radius 1 is 0.895 bits per heavy atom. The van der Waals surface area contributed by atoms with Gasteiger partial charge in [-0.2, -0.15) is 0 Å². The van der Waals surface area contributed by atoms with Crippen molar-refractivity contribution in [1.29, 1.82) is 0 Å². The summed E-state index contributed by atoms with van der Waals surface area (Å²) in [5.41, 5.74) is -1.83. The van der Waals surface area contributed by atoms with Crippen molar-refractivity contribution in [2.75, 3.05) is 6.61 Å². The minimum Gasteiger partial charge on any atom is -0.416 e. The van der Waals surface area contributed by atoms with Crippen molar-refractivity contribution < 1.29 is 23.2 Å². The molecule has 2 saturated heterocycles. The maximum Gasteiger partial charge on any atom is 0.192 e. The molecule has 4 rings (SSSR count). The zero-order valence-electron chi connectivity index (χ0n) is 26.7. The van der Waals surface area contributed by atoms with Gasteiger partial charge in [0.25, 0.3) is 0 Å². The molecule has 218 valence electrons. The van der Waals surface area contributed by atoms with Crippen LogP contribution >= 0.6 is 0 Å². The van der Waals surface area contributed by atoms with Gasteiger partial charge in [0.1, 0.15) is 11.4 Å². The van der Waals surface area contributed by atoms with Gasteiger partial charge in [-0.15, -0.1) is 0 Å². The lowest BCUT2D eigenvalue weighted by Crippen LogP contribution is -2.68. The Morgan fingerprint density at radius 3 is 2.03 bits per heavy atom. The predicted octanol–water partition coefficient (Wildman–Crippen LogP) is 7.55. The summed E-state index contributed by atoms with van der Waals surface area (Å²) in [6.07, 6.45) is 3.31. The molecule has 2 saturated carbocycles. The molecule has 4 fully saturated rings. The standard InChI is InChI=1S/C31H56O5Si2/c1-27(2,3)37(10,11)34-19-20-14-17-24(36-38(12,13)28(4,5)6)30(9)18-23-25-22(32)16-15-21(29(25,7)8)26(33)31(20,30)35-23/h20-21,23-25H,14-19H2,1-13H3/t20-,21+,23+,24+,25-,30-,31-/m1/s1. The molecule has 0 N–H and O–H groups in total. The summed E-state index contributed by atoms with van der Waals surface area (Å²) in [4.78, 5) is 28.4. The molecule has 5 nitrogen and oxygen atoms in total. The fourth-order valence-electron chi connectivity index (χ4n) is 7.83. The van der Waals surface area contributed by atoms with Crippen LogP contribution in [-0.2, 0) is 23.2 Å². The third-order valence-electron chi connectivity index (χ3n) is 12.3. The Balaban J connectivity index is 1.82. The van der Waals surface area contributed by atoms with E-state index in [4.69, 9.17) is 13.6 Å². The highest BCUT2D eigenvalue weighted by atomic mass is 28.4. The second-order valence-corrected chi connectivity index (χ2v) is 26.5. The first-order valence-electron chi connectivity index (χ1n) is 15.1. The van der Waals surface area contributed by atoms with Crippen molar-refractivity contribution in [1.82, 2.24) is 0 Å². The SMILES string of the molecule is CC1(C)[C@@H]2C(=O)CC[C@H]1C(=O)[C@@]13O[C@H]2C[C@]1(C)[C@@H](O[Si](C)(C)C(C)(C)C)CC[C@@H]3CO[Si](C)(C)C(C)(C)C. The molecule has 1 spiro atoms. The number of carbonyl (C=O) groups excluding carboxylic acids is 2. The average molecular weight is 565 g/mol. The van der Waals surface area contributed by atoms with Crippen molar-refractivity contribution in [3.8, 4) is 0 Å². The molecule has 4 bridgehead atoms. The minimum atomic E-state index is -2.10. The summed E-state index contributed by atoms with van der Waals surface area (Å²) in [5.74, 6) is 0.0806. The maximum atomic E-state index is 15.0. The maximum absolute atomic E-state index is 15.0. The fourth-order valence-corrected chi connectivity index (χ4v) is 10.3. The molecule has 0 aromatic carbocycles. The zero-order valence-corrected chi connectivity index (χ0v) is 28.7. The predicted molar refractivity (Wildman–Crippen MR) is 158 cm³/mol. The molecular weight excluding hydrogens is 509 g/mol. The summed E-state index contributed by atoms with van der Waals surface area (Å²) < 4.78 is 21.2. The van der Waals surface area contributed by atoms with Crippen molar-refractivity contribution >= 4 is 28.2 Å². The molecule has 0 amide bonds. The molecule has 2 heterocycles. The van der Waals surface area contributed by atoms with Gasteiger partial charge in [-0.3, -0.25) is 9.59 Å². The van der Waals surface area contributed by atoms with Crippen LogP contribution in [0.3, 0.4) is 0 Å². The first-order valence-corrected chi connectivity index (χ1v) is 20.9. The Morgan fingerprint density at radius 2 is 1.47 bits per heavy atom. The number of Topliss-reactive ketones (excluding diaryl/α,β-unsaturated/α-hetero) is 2. The van der Waals surface area contributed by atoms with Crippen LogP contribution < -0.4 is 0 Å². The van der Waals surface area contributed by atoms with Gasteiger partial charge in [-0.25, -0.2) is 0 Å².